The summed E-state index contributed by atoms with van der Waals surface area (Å²) < 4.78 is 5.07. The second-order valence-electron chi connectivity index (χ2n) is 10.4. The van der Waals surface area contributed by atoms with Gasteiger partial charge in [-0.2, -0.15) is 0 Å². The fourth-order valence-corrected chi connectivity index (χ4v) is 5.55. The van der Waals surface area contributed by atoms with Crippen LogP contribution in [0.25, 0.3) is 0 Å². The zero-order valence-corrected chi connectivity index (χ0v) is 20.9. The normalized spacial score (nSPS) is 26.1. The first kappa shape index (κ1) is 24.8. The molecule has 2 fully saturated rings. The topological polar surface area (TPSA) is 66.8 Å². The molecular formula is C26H37NO4S. The third-order valence-electron chi connectivity index (χ3n) is 6.54. The fourth-order valence-electron chi connectivity index (χ4n) is 4.63. The van der Waals surface area contributed by atoms with Gasteiger partial charge in [-0.1, -0.05) is 18.8 Å². The Hall–Kier alpha value is -1.84. The Balaban J connectivity index is 2.02. The average Bonchev–Trinajstić information content (AvgIpc) is 3.17. The molecule has 0 atom stereocenters. The van der Waals surface area contributed by atoms with E-state index in [1.165, 1.54) is 18.4 Å². The number of aliphatic hydroxyl groups excluding tert-OH is 1. The lowest BCUT2D eigenvalue weighted by atomic mass is 9.81. The van der Waals surface area contributed by atoms with Crippen molar-refractivity contribution in [3.05, 3.63) is 15.8 Å². The van der Waals surface area contributed by atoms with Crippen LogP contribution in [-0.4, -0.2) is 36.2 Å². The quantitative estimate of drug-likeness (QED) is 0.484. The van der Waals surface area contributed by atoms with E-state index in [2.05, 4.69) is 18.8 Å². The summed E-state index contributed by atoms with van der Waals surface area (Å²) in [6, 6.07) is 1.87. The number of rotatable bonds is 4. The lowest BCUT2D eigenvalue weighted by molar-refractivity contribution is -0.124. The molecule has 2 aliphatic rings. The number of hydrogen-bond donors (Lipinski definition) is 1. The standard InChI is InChI=1S/C26H37NO4S/c1-17-6-8-18(9-7-17)24(29)27(19-10-12-20(28)13-11-19)22-16-21(14-15-26(2,3)4)32-23(22)25(30)31-5/h16-20,28H,6-13H2,1-5H3/t17-,18+,19-,20+. The van der Waals surface area contributed by atoms with Crippen LogP contribution in [0.2, 0.25) is 0 Å². The van der Waals surface area contributed by atoms with Crippen molar-refractivity contribution in [3.63, 3.8) is 0 Å². The van der Waals surface area contributed by atoms with Crippen LogP contribution in [0.1, 0.15) is 93.6 Å². The lowest BCUT2D eigenvalue weighted by Gasteiger charge is -2.38. The smallest absolute Gasteiger partial charge is 0.350 e. The van der Waals surface area contributed by atoms with E-state index in [1.807, 2.05) is 31.7 Å². The molecule has 0 spiro atoms. The molecule has 5 nitrogen and oxygen atoms in total. The van der Waals surface area contributed by atoms with E-state index in [1.54, 1.807) is 0 Å². The largest absolute Gasteiger partial charge is 0.465 e. The number of thiophene rings is 1. The first-order valence-corrected chi connectivity index (χ1v) is 12.7. The molecule has 0 aliphatic heterocycles. The van der Waals surface area contributed by atoms with Gasteiger partial charge >= 0.3 is 5.97 Å². The van der Waals surface area contributed by atoms with E-state index in [9.17, 15) is 14.7 Å². The van der Waals surface area contributed by atoms with E-state index in [4.69, 9.17) is 4.74 Å². The van der Waals surface area contributed by atoms with Crippen molar-refractivity contribution in [1.29, 1.82) is 0 Å². The number of nitrogens with zero attached hydrogens (tertiary/aromatic N) is 1. The number of carbonyl (C=O) groups is 2. The van der Waals surface area contributed by atoms with Crippen LogP contribution in [-0.2, 0) is 9.53 Å². The summed E-state index contributed by atoms with van der Waals surface area (Å²) >= 11 is 1.30. The van der Waals surface area contributed by atoms with Gasteiger partial charge in [-0.15, -0.1) is 11.3 Å². The summed E-state index contributed by atoms with van der Waals surface area (Å²) in [6.07, 6.45) is 6.39. The summed E-state index contributed by atoms with van der Waals surface area (Å²) in [5, 5.41) is 10.0. The van der Waals surface area contributed by atoms with Gasteiger partial charge in [-0.3, -0.25) is 4.79 Å². The number of esters is 1. The average molecular weight is 460 g/mol. The summed E-state index contributed by atoms with van der Waals surface area (Å²) in [7, 11) is 1.37. The predicted octanol–water partition coefficient (Wildman–Crippen LogP) is 5.40. The van der Waals surface area contributed by atoms with Crippen molar-refractivity contribution in [2.45, 2.75) is 91.2 Å². The molecule has 32 heavy (non-hydrogen) atoms. The van der Waals surface area contributed by atoms with Crippen LogP contribution in [0.15, 0.2) is 6.07 Å². The zero-order valence-electron chi connectivity index (χ0n) is 20.1. The second-order valence-corrected chi connectivity index (χ2v) is 11.5. The maximum atomic E-state index is 13.9. The molecule has 1 N–H and O–H groups in total. The van der Waals surface area contributed by atoms with Gasteiger partial charge in [0.1, 0.15) is 4.88 Å². The van der Waals surface area contributed by atoms with E-state index >= 15 is 0 Å². The van der Waals surface area contributed by atoms with Crippen LogP contribution in [0.3, 0.4) is 0 Å². The van der Waals surface area contributed by atoms with Crippen LogP contribution >= 0.6 is 11.3 Å². The predicted molar refractivity (Wildman–Crippen MR) is 129 cm³/mol. The molecule has 0 unspecified atom stereocenters. The van der Waals surface area contributed by atoms with Crippen LogP contribution < -0.4 is 4.90 Å². The SMILES string of the molecule is COC(=O)c1sc(C#CC(C)(C)C)cc1N(C(=O)[C@H]1CC[C@@H](C)CC1)[C@H]1CC[C@@H](O)CC1. The van der Waals surface area contributed by atoms with Crippen molar-refractivity contribution >= 4 is 28.9 Å². The highest BCUT2D eigenvalue weighted by Crippen LogP contribution is 2.39. The highest BCUT2D eigenvalue weighted by molar-refractivity contribution is 7.15. The maximum absolute atomic E-state index is 13.9. The minimum absolute atomic E-state index is 0.0208. The van der Waals surface area contributed by atoms with Gasteiger partial charge in [0.25, 0.3) is 0 Å². The second kappa shape index (κ2) is 10.4. The van der Waals surface area contributed by atoms with Crippen molar-refractivity contribution in [1.82, 2.24) is 0 Å². The lowest BCUT2D eigenvalue weighted by Crippen LogP contribution is -2.47. The molecule has 0 radical (unpaired) electrons. The monoisotopic (exact) mass is 459 g/mol. The number of hydrogen-bond acceptors (Lipinski definition) is 5. The summed E-state index contributed by atoms with van der Waals surface area (Å²) in [6.45, 7) is 8.38. The number of ether oxygens (including phenoxy) is 1. The van der Waals surface area contributed by atoms with Gasteiger partial charge in [-0.05, 0) is 84.1 Å². The molecule has 0 aromatic carbocycles. The van der Waals surface area contributed by atoms with E-state index in [0.29, 0.717) is 29.3 Å². The highest BCUT2D eigenvalue weighted by atomic mass is 32.1. The Morgan fingerprint density at radius 1 is 1.09 bits per heavy atom. The number of anilines is 1. The number of methoxy groups -OCH3 is 1. The molecule has 0 saturated heterocycles. The van der Waals surface area contributed by atoms with Crippen LogP contribution in [0.5, 0.6) is 0 Å². The van der Waals surface area contributed by atoms with E-state index in [0.717, 1.165) is 43.4 Å². The molecular weight excluding hydrogens is 422 g/mol. The summed E-state index contributed by atoms with van der Waals surface area (Å²) in [5.41, 5.74) is 0.466. The molecule has 2 saturated carbocycles. The van der Waals surface area contributed by atoms with Crippen molar-refractivity contribution in [2.24, 2.45) is 17.3 Å². The van der Waals surface area contributed by atoms with Gasteiger partial charge in [0.2, 0.25) is 5.91 Å². The Morgan fingerprint density at radius 3 is 2.28 bits per heavy atom. The molecule has 1 aromatic rings. The number of carbonyl (C=O) groups excluding carboxylic acids is 2. The fraction of sp³-hybridized carbons (Fsp3) is 0.692. The van der Waals surface area contributed by atoms with Gasteiger partial charge in [-0.25, -0.2) is 4.79 Å². The van der Waals surface area contributed by atoms with Crippen molar-refractivity contribution < 1.29 is 19.4 Å². The molecule has 6 heteroatoms. The van der Waals surface area contributed by atoms with Crippen molar-refractivity contribution in [2.75, 3.05) is 12.0 Å². The summed E-state index contributed by atoms with van der Waals surface area (Å²) in [5.74, 6) is 6.74. The summed E-state index contributed by atoms with van der Waals surface area (Å²) in [4.78, 5) is 29.6. The Morgan fingerprint density at radius 2 is 1.72 bits per heavy atom. The Labute approximate surface area is 196 Å². The molecule has 1 aromatic heterocycles. The van der Waals surface area contributed by atoms with Gasteiger partial charge in [0.05, 0.1) is 23.8 Å². The maximum Gasteiger partial charge on any atom is 0.350 e. The van der Waals surface area contributed by atoms with Crippen LogP contribution in [0.4, 0.5) is 5.69 Å². The third-order valence-corrected chi connectivity index (χ3v) is 7.56. The van der Waals surface area contributed by atoms with E-state index < -0.39 is 5.97 Å². The molecule has 1 amide bonds. The Kier molecular flexibility index (Phi) is 8.06. The molecule has 176 valence electrons. The number of amides is 1. The highest BCUT2D eigenvalue weighted by Gasteiger charge is 2.37. The third kappa shape index (κ3) is 6.14. The minimum atomic E-state index is -0.431. The Bertz CT molecular complexity index is 872. The minimum Gasteiger partial charge on any atom is -0.465 e. The zero-order chi connectivity index (χ0) is 23.5. The van der Waals surface area contributed by atoms with Crippen LogP contribution in [0, 0.1) is 29.1 Å². The molecule has 1 heterocycles. The molecule has 3 rings (SSSR count). The van der Waals surface area contributed by atoms with Crippen molar-refractivity contribution in [3.8, 4) is 11.8 Å². The van der Waals surface area contributed by atoms with E-state index in [-0.39, 0.29) is 29.4 Å². The number of aliphatic hydroxyl groups is 1. The van der Waals surface area contributed by atoms with Gasteiger partial charge < -0.3 is 14.7 Å². The first-order valence-electron chi connectivity index (χ1n) is 11.9. The van der Waals surface area contributed by atoms with Gasteiger partial charge in [0, 0.05) is 17.4 Å². The molecule has 2 aliphatic carbocycles. The molecule has 0 bridgehead atoms. The van der Waals surface area contributed by atoms with Gasteiger partial charge in [0.15, 0.2) is 0 Å². The first-order chi connectivity index (χ1) is 15.1.